The number of pyridine rings is 1. The number of amides is 1. The maximum absolute atomic E-state index is 13.1. The van der Waals surface area contributed by atoms with Gasteiger partial charge in [0.2, 0.25) is 0 Å². The molecular formula is C19H15F4N5O. The normalized spacial score (nSPS) is 14.0. The van der Waals surface area contributed by atoms with E-state index in [0.717, 1.165) is 18.0 Å². The number of fused-ring (bicyclic) bond motifs is 1. The second kappa shape index (κ2) is 6.94. The molecule has 10 heteroatoms. The summed E-state index contributed by atoms with van der Waals surface area (Å²) in [4.78, 5) is 18.3. The molecule has 0 saturated heterocycles. The molecule has 2 aromatic heterocycles. The van der Waals surface area contributed by atoms with Crippen molar-refractivity contribution in [2.24, 2.45) is 0 Å². The lowest BCUT2D eigenvalue weighted by Gasteiger charge is -2.27. The monoisotopic (exact) mass is 405 g/mol. The fourth-order valence-corrected chi connectivity index (χ4v) is 3.40. The van der Waals surface area contributed by atoms with Gasteiger partial charge in [-0.2, -0.15) is 17.9 Å². The van der Waals surface area contributed by atoms with E-state index in [9.17, 15) is 22.4 Å². The minimum atomic E-state index is -4.53. The van der Waals surface area contributed by atoms with Crippen molar-refractivity contribution in [2.45, 2.75) is 26.1 Å². The molecule has 6 nitrogen and oxygen atoms in total. The van der Waals surface area contributed by atoms with Crippen LogP contribution in [0.1, 0.15) is 32.9 Å². The second-order valence-electron chi connectivity index (χ2n) is 6.68. The van der Waals surface area contributed by atoms with Crippen LogP contribution in [-0.4, -0.2) is 37.3 Å². The van der Waals surface area contributed by atoms with Crippen molar-refractivity contribution in [3.63, 3.8) is 0 Å². The molecule has 0 fully saturated rings. The molecule has 0 aliphatic carbocycles. The van der Waals surface area contributed by atoms with Crippen molar-refractivity contribution in [3.05, 3.63) is 70.4 Å². The Morgan fingerprint density at radius 3 is 2.66 bits per heavy atom. The summed E-state index contributed by atoms with van der Waals surface area (Å²) in [5.41, 5.74) is 0.342. The van der Waals surface area contributed by atoms with Crippen molar-refractivity contribution in [2.75, 3.05) is 6.54 Å². The van der Waals surface area contributed by atoms with E-state index in [0.29, 0.717) is 17.9 Å². The quantitative estimate of drug-likeness (QED) is 0.614. The Kier molecular flexibility index (Phi) is 4.56. The Bertz CT molecular complexity index is 1080. The van der Waals surface area contributed by atoms with E-state index in [-0.39, 0.29) is 24.2 Å². The number of alkyl halides is 3. The summed E-state index contributed by atoms with van der Waals surface area (Å²) in [5.74, 6) is -0.571. The van der Waals surface area contributed by atoms with Gasteiger partial charge in [-0.05, 0) is 36.8 Å². The number of aromatic nitrogens is 4. The minimum absolute atomic E-state index is 0.0101. The van der Waals surface area contributed by atoms with Crippen LogP contribution in [0.25, 0.3) is 5.82 Å². The van der Waals surface area contributed by atoms with Crippen LogP contribution in [0.2, 0.25) is 0 Å². The number of carbonyl (C=O) groups excluding carboxylic acids is 1. The lowest BCUT2D eigenvalue weighted by molar-refractivity contribution is -0.138. The number of hydrogen-bond donors (Lipinski definition) is 0. The van der Waals surface area contributed by atoms with Gasteiger partial charge >= 0.3 is 6.18 Å². The predicted molar refractivity (Wildman–Crippen MR) is 93.7 cm³/mol. The minimum Gasteiger partial charge on any atom is -0.332 e. The fraction of sp³-hybridized carbons (Fsp3) is 0.263. The highest BCUT2D eigenvalue weighted by molar-refractivity contribution is 5.96. The molecule has 0 spiro atoms. The molecule has 1 aliphatic rings. The van der Waals surface area contributed by atoms with Crippen molar-refractivity contribution >= 4 is 5.91 Å². The van der Waals surface area contributed by atoms with Gasteiger partial charge in [0.1, 0.15) is 11.5 Å². The number of rotatable bonds is 2. The summed E-state index contributed by atoms with van der Waals surface area (Å²) < 4.78 is 54.0. The molecule has 0 atom stereocenters. The molecule has 3 aromatic rings. The first-order valence-corrected chi connectivity index (χ1v) is 8.77. The van der Waals surface area contributed by atoms with Gasteiger partial charge < -0.3 is 4.90 Å². The smallest absolute Gasteiger partial charge is 0.332 e. The van der Waals surface area contributed by atoms with Gasteiger partial charge in [0.05, 0.1) is 24.0 Å². The van der Waals surface area contributed by atoms with Gasteiger partial charge in [-0.25, -0.2) is 9.37 Å². The van der Waals surface area contributed by atoms with E-state index in [1.54, 1.807) is 0 Å². The molecule has 1 aromatic carbocycles. The summed E-state index contributed by atoms with van der Waals surface area (Å²) in [7, 11) is 0. The number of carbonyl (C=O) groups is 1. The molecule has 1 amide bonds. The van der Waals surface area contributed by atoms with Crippen molar-refractivity contribution < 1.29 is 22.4 Å². The van der Waals surface area contributed by atoms with E-state index in [1.165, 1.54) is 40.8 Å². The van der Waals surface area contributed by atoms with Crippen molar-refractivity contribution in [1.29, 1.82) is 0 Å². The summed E-state index contributed by atoms with van der Waals surface area (Å²) in [6.45, 7) is 1.70. The highest BCUT2D eigenvalue weighted by atomic mass is 19.4. The molecule has 0 N–H and O–H groups in total. The van der Waals surface area contributed by atoms with E-state index >= 15 is 0 Å². The second-order valence-corrected chi connectivity index (χ2v) is 6.68. The average Bonchev–Trinajstić information content (AvgIpc) is 3.10. The van der Waals surface area contributed by atoms with E-state index in [1.807, 2.05) is 0 Å². The molecule has 29 heavy (non-hydrogen) atoms. The summed E-state index contributed by atoms with van der Waals surface area (Å²) in [6.07, 6.45) is -3.07. The zero-order valence-electron chi connectivity index (χ0n) is 15.2. The SMILES string of the molecule is Cc1c(C(=O)N2CCc3c(nnn3-c3ccc(F)cn3)C2)cccc1C(F)(F)F. The number of hydrogen-bond acceptors (Lipinski definition) is 4. The fourth-order valence-electron chi connectivity index (χ4n) is 3.40. The van der Waals surface area contributed by atoms with Crippen molar-refractivity contribution in [3.8, 4) is 5.82 Å². The van der Waals surface area contributed by atoms with Gasteiger partial charge in [-0.15, -0.1) is 5.10 Å². The van der Waals surface area contributed by atoms with E-state index in [4.69, 9.17) is 0 Å². The summed E-state index contributed by atoms with van der Waals surface area (Å²) >= 11 is 0. The van der Waals surface area contributed by atoms with Gasteiger partial charge in [-0.3, -0.25) is 4.79 Å². The first-order chi connectivity index (χ1) is 13.8. The van der Waals surface area contributed by atoms with E-state index in [2.05, 4.69) is 15.3 Å². The Morgan fingerprint density at radius 2 is 1.97 bits per heavy atom. The third-order valence-corrected chi connectivity index (χ3v) is 4.89. The highest BCUT2D eigenvalue weighted by Gasteiger charge is 2.35. The molecule has 0 saturated carbocycles. The lowest BCUT2D eigenvalue weighted by atomic mass is 10.00. The van der Waals surface area contributed by atoms with E-state index < -0.39 is 23.5 Å². The molecule has 0 unspecified atom stereocenters. The molecule has 3 heterocycles. The largest absolute Gasteiger partial charge is 0.416 e. The standard InChI is InChI=1S/C19H15F4N5O/c1-11-13(3-2-4-14(11)19(21,22)23)18(29)27-8-7-16-15(10-27)25-26-28(16)17-6-5-12(20)9-24-17/h2-6,9H,7-8,10H2,1H3. The lowest BCUT2D eigenvalue weighted by Crippen LogP contribution is -2.37. The molecule has 0 radical (unpaired) electrons. The topological polar surface area (TPSA) is 63.9 Å². The van der Waals surface area contributed by atoms with Crippen LogP contribution in [0.3, 0.4) is 0 Å². The first-order valence-electron chi connectivity index (χ1n) is 8.77. The predicted octanol–water partition coefficient (Wildman–Crippen LogP) is 3.33. The number of halogens is 4. The zero-order chi connectivity index (χ0) is 20.8. The molecule has 4 rings (SSSR count). The van der Waals surface area contributed by atoms with Gasteiger partial charge in [0.25, 0.3) is 5.91 Å². The van der Waals surface area contributed by atoms with Crippen LogP contribution in [0.15, 0.2) is 36.5 Å². The molecule has 0 bridgehead atoms. The van der Waals surface area contributed by atoms with Crippen molar-refractivity contribution in [1.82, 2.24) is 24.9 Å². The Balaban J connectivity index is 1.60. The molecular weight excluding hydrogens is 390 g/mol. The van der Waals surface area contributed by atoms with Gasteiger partial charge in [0.15, 0.2) is 5.82 Å². The number of benzene rings is 1. The van der Waals surface area contributed by atoms with Crippen LogP contribution >= 0.6 is 0 Å². The van der Waals surface area contributed by atoms with Crippen LogP contribution < -0.4 is 0 Å². The number of nitrogens with zero attached hydrogens (tertiary/aromatic N) is 5. The maximum Gasteiger partial charge on any atom is 0.416 e. The molecule has 150 valence electrons. The van der Waals surface area contributed by atoms with Gasteiger partial charge in [0, 0.05) is 18.5 Å². The van der Waals surface area contributed by atoms with Crippen LogP contribution in [-0.2, 0) is 19.1 Å². The van der Waals surface area contributed by atoms with Crippen LogP contribution in [0, 0.1) is 12.7 Å². The van der Waals surface area contributed by atoms with Crippen LogP contribution in [0.5, 0.6) is 0 Å². The van der Waals surface area contributed by atoms with Crippen LogP contribution in [0.4, 0.5) is 17.6 Å². The third-order valence-electron chi connectivity index (χ3n) is 4.89. The average molecular weight is 405 g/mol. The first kappa shape index (κ1) is 19.0. The Morgan fingerprint density at radius 1 is 1.17 bits per heavy atom. The maximum atomic E-state index is 13.1. The summed E-state index contributed by atoms with van der Waals surface area (Å²) in [6, 6.07) is 6.30. The zero-order valence-corrected chi connectivity index (χ0v) is 15.2. The molecule has 1 aliphatic heterocycles. The summed E-state index contributed by atoms with van der Waals surface area (Å²) in [5, 5.41) is 8.09. The third kappa shape index (κ3) is 3.45. The van der Waals surface area contributed by atoms with Gasteiger partial charge in [-0.1, -0.05) is 11.3 Å². The Labute approximate surface area is 162 Å². The Hall–Kier alpha value is -3.30. The highest BCUT2D eigenvalue weighted by Crippen LogP contribution is 2.33.